The van der Waals surface area contributed by atoms with Crippen molar-refractivity contribution < 1.29 is 4.74 Å². The van der Waals surface area contributed by atoms with Gasteiger partial charge in [-0.25, -0.2) is 9.67 Å². The highest BCUT2D eigenvalue weighted by atomic mass is 16.5. The second kappa shape index (κ2) is 14.8. The van der Waals surface area contributed by atoms with Crippen LogP contribution in [0.25, 0.3) is 71.9 Å². The summed E-state index contributed by atoms with van der Waals surface area (Å²) < 4.78 is 13.8. The highest BCUT2D eigenvalue weighted by molar-refractivity contribution is 6.12. The minimum atomic E-state index is -0.174. The molecule has 4 heterocycles. The van der Waals surface area contributed by atoms with Gasteiger partial charge in [-0.15, -0.1) is 0 Å². The first-order chi connectivity index (χ1) is 30.5. The van der Waals surface area contributed by atoms with Crippen LogP contribution in [-0.2, 0) is 16.2 Å². The molecule has 0 bridgehead atoms. The number of ether oxygens (including phenoxy) is 1. The van der Waals surface area contributed by atoms with Crippen LogP contribution in [0.1, 0.15) is 90.4 Å². The molecule has 0 spiro atoms. The van der Waals surface area contributed by atoms with E-state index in [1.54, 1.807) is 0 Å². The summed E-state index contributed by atoms with van der Waals surface area (Å²) in [5, 5.41) is 9.99. The molecule has 0 aliphatic carbocycles. The van der Waals surface area contributed by atoms with Crippen LogP contribution in [0.5, 0.6) is 11.5 Å². The standard InChI is InChI=1S/C58H57N5O/c1-36-31-40(63-55(58(9,10)11)52(37(2)60-63)38-19-13-12-14-20-38)33-42(32-36)64-41-27-28-44-43-21-15-16-26-49(43)62(50(44)35-41)51-34-39(29-30-59-51)61-53-45(22-17-24-47(53)56(3,4)5)46-23-18-25-48(54(46)61)57(6,7)8/h12-35H,1-11H3. The molecule has 0 aliphatic heterocycles. The van der Waals surface area contributed by atoms with Crippen molar-refractivity contribution in [2.45, 2.75) is 92.4 Å². The van der Waals surface area contributed by atoms with Gasteiger partial charge in [0, 0.05) is 56.9 Å². The largest absolute Gasteiger partial charge is 0.457 e. The molecule has 0 N–H and O–H groups in total. The number of aromatic nitrogens is 5. The number of nitrogens with zero attached hydrogens (tertiary/aromatic N) is 5. The summed E-state index contributed by atoms with van der Waals surface area (Å²) in [5.74, 6) is 2.34. The van der Waals surface area contributed by atoms with Crippen LogP contribution in [-0.4, -0.2) is 23.9 Å². The van der Waals surface area contributed by atoms with Crippen LogP contribution in [0, 0.1) is 13.8 Å². The Morgan fingerprint density at radius 1 is 0.484 bits per heavy atom. The van der Waals surface area contributed by atoms with E-state index in [0.717, 1.165) is 61.8 Å². The molecular weight excluding hydrogens is 783 g/mol. The van der Waals surface area contributed by atoms with Crippen LogP contribution >= 0.6 is 0 Å². The van der Waals surface area contributed by atoms with Gasteiger partial charge in [0.2, 0.25) is 0 Å². The van der Waals surface area contributed by atoms with E-state index in [1.165, 1.54) is 49.8 Å². The van der Waals surface area contributed by atoms with Gasteiger partial charge in [-0.05, 0) is 83.3 Å². The molecule has 0 fully saturated rings. The molecule has 6 heteroatoms. The third kappa shape index (κ3) is 6.87. The molecular formula is C58H57N5O. The van der Waals surface area contributed by atoms with Gasteiger partial charge in [-0.1, -0.05) is 147 Å². The zero-order valence-electron chi connectivity index (χ0n) is 39.0. The molecule has 0 saturated heterocycles. The number of para-hydroxylation sites is 3. The zero-order valence-corrected chi connectivity index (χ0v) is 39.0. The Labute approximate surface area is 376 Å². The average Bonchev–Trinajstić information content (AvgIpc) is 3.90. The quantitative estimate of drug-likeness (QED) is 0.168. The lowest BCUT2D eigenvalue weighted by molar-refractivity contribution is 0.481. The third-order valence-corrected chi connectivity index (χ3v) is 12.6. The van der Waals surface area contributed by atoms with Crippen LogP contribution in [0.3, 0.4) is 0 Å². The van der Waals surface area contributed by atoms with Crippen molar-refractivity contribution in [3.05, 3.63) is 174 Å². The van der Waals surface area contributed by atoms with Crippen LogP contribution in [0.15, 0.2) is 146 Å². The number of aryl methyl sites for hydroxylation is 2. The molecule has 10 aromatic rings. The molecule has 0 radical (unpaired) electrons. The van der Waals surface area contributed by atoms with Gasteiger partial charge >= 0.3 is 0 Å². The summed E-state index contributed by atoms with van der Waals surface area (Å²) >= 11 is 0. The maximum Gasteiger partial charge on any atom is 0.139 e. The van der Waals surface area contributed by atoms with Crippen molar-refractivity contribution >= 4 is 43.6 Å². The Morgan fingerprint density at radius 2 is 1.11 bits per heavy atom. The van der Waals surface area contributed by atoms with E-state index in [9.17, 15) is 0 Å². The summed E-state index contributed by atoms with van der Waals surface area (Å²) in [6.07, 6.45) is 1.96. The van der Waals surface area contributed by atoms with Crippen molar-refractivity contribution in [2.75, 3.05) is 0 Å². The number of pyridine rings is 1. The van der Waals surface area contributed by atoms with Crippen molar-refractivity contribution in [2.24, 2.45) is 0 Å². The fourth-order valence-corrected chi connectivity index (χ4v) is 9.92. The Kier molecular flexibility index (Phi) is 9.53. The summed E-state index contributed by atoms with van der Waals surface area (Å²) in [7, 11) is 0. The lowest BCUT2D eigenvalue weighted by Crippen LogP contribution is -2.18. The minimum Gasteiger partial charge on any atom is -0.457 e. The van der Waals surface area contributed by atoms with Gasteiger partial charge in [-0.3, -0.25) is 4.57 Å². The maximum absolute atomic E-state index is 6.85. The Balaban J connectivity index is 1.13. The van der Waals surface area contributed by atoms with Crippen LogP contribution in [0.4, 0.5) is 0 Å². The second-order valence-electron chi connectivity index (χ2n) is 20.6. The van der Waals surface area contributed by atoms with Gasteiger partial charge in [0.1, 0.15) is 17.3 Å². The minimum absolute atomic E-state index is 0.0814. The molecule has 0 amide bonds. The highest BCUT2D eigenvalue weighted by Gasteiger charge is 2.29. The monoisotopic (exact) mass is 839 g/mol. The average molecular weight is 840 g/mol. The maximum atomic E-state index is 6.85. The second-order valence-corrected chi connectivity index (χ2v) is 20.6. The van der Waals surface area contributed by atoms with Crippen LogP contribution < -0.4 is 4.74 Å². The topological polar surface area (TPSA) is 49.8 Å². The smallest absolute Gasteiger partial charge is 0.139 e. The van der Waals surface area contributed by atoms with E-state index in [1.807, 2.05) is 6.20 Å². The summed E-state index contributed by atoms with van der Waals surface area (Å²) in [6, 6.07) is 50.0. The van der Waals surface area contributed by atoms with E-state index in [0.29, 0.717) is 0 Å². The molecule has 64 heavy (non-hydrogen) atoms. The predicted molar refractivity (Wildman–Crippen MR) is 268 cm³/mol. The fourth-order valence-electron chi connectivity index (χ4n) is 9.92. The Hall–Kier alpha value is -6.92. The first-order valence-electron chi connectivity index (χ1n) is 22.5. The first-order valence-corrected chi connectivity index (χ1v) is 22.5. The Morgan fingerprint density at radius 3 is 1.77 bits per heavy atom. The number of fused-ring (bicyclic) bond motifs is 6. The number of hydrogen-bond donors (Lipinski definition) is 0. The molecule has 320 valence electrons. The third-order valence-electron chi connectivity index (χ3n) is 12.6. The van der Waals surface area contributed by atoms with Gasteiger partial charge in [0.15, 0.2) is 0 Å². The van der Waals surface area contributed by atoms with Gasteiger partial charge in [0.25, 0.3) is 0 Å². The molecule has 0 aliphatic rings. The van der Waals surface area contributed by atoms with E-state index < -0.39 is 0 Å². The molecule has 6 nitrogen and oxygen atoms in total. The normalized spacial score (nSPS) is 12.6. The number of rotatable bonds is 6. The van der Waals surface area contributed by atoms with Crippen molar-refractivity contribution in [1.82, 2.24) is 23.9 Å². The van der Waals surface area contributed by atoms with Crippen molar-refractivity contribution in [3.63, 3.8) is 0 Å². The van der Waals surface area contributed by atoms with Gasteiger partial charge < -0.3 is 9.30 Å². The number of hydrogen-bond acceptors (Lipinski definition) is 3. The van der Waals surface area contributed by atoms with E-state index in [2.05, 4.69) is 230 Å². The molecule has 6 aromatic carbocycles. The molecule has 0 saturated carbocycles. The lowest BCUT2D eigenvalue weighted by Gasteiger charge is -2.24. The Bertz CT molecular complexity index is 3360. The predicted octanol–water partition coefficient (Wildman–Crippen LogP) is 15.4. The zero-order chi connectivity index (χ0) is 44.9. The first kappa shape index (κ1) is 41.1. The van der Waals surface area contributed by atoms with E-state index in [-0.39, 0.29) is 16.2 Å². The van der Waals surface area contributed by atoms with Gasteiger partial charge in [-0.2, -0.15) is 5.10 Å². The summed E-state index contributed by atoms with van der Waals surface area (Å²) in [5.41, 5.74) is 14.5. The fraction of sp³-hybridized carbons (Fsp3) is 0.241. The van der Waals surface area contributed by atoms with E-state index in [4.69, 9.17) is 14.8 Å². The summed E-state index contributed by atoms with van der Waals surface area (Å²) in [6.45, 7) is 24.9. The summed E-state index contributed by atoms with van der Waals surface area (Å²) in [4.78, 5) is 5.12. The highest BCUT2D eigenvalue weighted by Crippen LogP contribution is 2.44. The van der Waals surface area contributed by atoms with Crippen molar-refractivity contribution in [1.29, 1.82) is 0 Å². The van der Waals surface area contributed by atoms with Crippen LogP contribution in [0.2, 0.25) is 0 Å². The molecule has 4 aromatic heterocycles. The molecule has 0 unspecified atom stereocenters. The van der Waals surface area contributed by atoms with Gasteiger partial charge in [0.05, 0.1) is 44.8 Å². The number of benzene rings is 6. The van der Waals surface area contributed by atoms with Crippen molar-refractivity contribution in [3.8, 4) is 39.8 Å². The van der Waals surface area contributed by atoms with E-state index >= 15 is 0 Å². The molecule has 0 atom stereocenters. The SMILES string of the molecule is Cc1cc(Oc2ccc3c4ccccc4n(-c4cc(-n5c6c(C(C)(C)C)cccc6c6cccc(C(C)(C)C)c65)ccn4)c3c2)cc(-n2nc(C)c(-c3ccccc3)c2C(C)(C)C)c1. The lowest BCUT2D eigenvalue weighted by atomic mass is 9.85. The molecule has 10 rings (SSSR count).